The van der Waals surface area contributed by atoms with Gasteiger partial charge in [0.2, 0.25) is 0 Å². The van der Waals surface area contributed by atoms with Gasteiger partial charge in [-0.15, -0.1) is 0 Å². The summed E-state index contributed by atoms with van der Waals surface area (Å²) in [5.74, 6) is 0. The molecule has 2 heterocycles. The van der Waals surface area contributed by atoms with Gasteiger partial charge in [-0.2, -0.15) is 0 Å². The molecule has 0 aliphatic heterocycles. The van der Waals surface area contributed by atoms with E-state index < -0.39 is 0 Å². The van der Waals surface area contributed by atoms with Crippen molar-refractivity contribution >= 4 is 0 Å². The molecule has 0 saturated carbocycles. The van der Waals surface area contributed by atoms with E-state index in [0.717, 1.165) is 0 Å². The Labute approximate surface area is 85.2 Å². The van der Waals surface area contributed by atoms with Crippen molar-refractivity contribution in [3.63, 3.8) is 0 Å². The predicted molar refractivity (Wildman–Crippen MR) is 46.3 cm³/mol. The Morgan fingerprint density at radius 2 is 1.67 bits per heavy atom. The Bertz CT molecular complexity index is 231. The Kier molecular flexibility index (Phi) is 6.40. The minimum Gasteiger partial charge on any atom is -0.368 e. The molecule has 3 heteroatoms. The molecule has 0 aliphatic carbocycles. The molecule has 0 aliphatic rings. The van der Waals surface area contributed by atoms with Crippen LogP contribution in [0.2, 0.25) is 0 Å². The summed E-state index contributed by atoms with van der Waals surface area (Å²) in [5.41, 5.74) is 1.22. The van der Waals surface area contributed by atoms with E-state index in [0.29, 0.717) is 0 Å². The first kappa shape index (κ1) is 11.2. The molecule has 0 bridgehead atoms. The van der Waals surface area contributed by atoms with E-state index in [4.69, 9.17) is 0 Å². The summed E-state index contributed by atoms with van der Waals surface area (Å²) in [7, 11) is 0. The largest absolute Gasteiger partial charge is 0.368 e. The number of hydrogen-bond donors (Lipinski definition) is 2. The van der Waals surface area contributed by atoms with Crippen LogP contribution in [0.3, 0.4) is 0 Å². The second-order valence-corrected chi connectivity index (χ2v) is 2.24. The molecule has 0 amide bonds. The zero-order chi connectivity index (χ0) is 7.94. The van der Waals surface area contributed by atoms with Crippen molar-refractivity contribution in [2.24, 2.45) is 0 Å². The first-order valence-corrected chi connectivity index (χ1v) is 3.57. The Hall–Kier alpha value is -0.817. The van der Waals surface area contributed by atoms with Crippen LogP contribution >= 0.6 is 0 Å². The molecule has 0 spiro atoms. The Balaban J connectivity index is 0.000000189. The molecule has 0 saturated heterocycles. The number of H-pyrrole nitrogens is 2. The van der Waals surface area contributed by atoms with Crippen LogP contribution in [-0.4, -0.2) is 9.97 Å². The minimum absolute atomic E-state index is 0. The van der Waals surface area contributed by atoms with Crippen molar-refractivity contribution in [3.05, 3.63) is 48.5 Å². The molecule has 0 aromatic carbocycles. The standard InChI is InChI=1S/C5H7N.C4H5N.Ru/c1-5-3-2-4-6-5;1-2-4-5-3-1;/h2-4,6H,1H3;1-5H;. The normalized spacial score (nSPS) is 7.75. The summed E-state index contributed by atoms with van der Waals surface area (Å²) in [6.07, 6.45) is 5.66. The zero-order valence-electron chi connectivity index (χ0n) is 6.90. The predicted octanol–water partition coefficient (Wildman–Crippen LogP) is 2.34. The van der Waals surface area contributed by atoms with Crippen LogP contribution in [0.25, 0.3) is 0 Å². The van der Waals surface area contributed by atoms with Gasteiger partial charge in [0.15, 0.2) is 0 Å². The van der Waals surface area contributed by atoms with E-state index in [2.05, 4.69) is 9.97 Å². The molecule has 0 unspecified atom stereocenters. The number of aryl methyl sites for hydroxylation is 1. The number of aromatic amines is 2. The van der Waals surface area contributed by atoms with Crippen molar-refractivity contribution in [3.8, 4) is 0 Å². The van der Waals surface area contributed by atoms with Gasteiger partial charge in [0, 0.05) is 43.8 Å². The van der Waals surface area contributed by atoms with Crippen LogP contribution in [0.15, 0.2) is 42.9 Å². The molecule has 2 aromatic heterocycles. The van der Waals surface area contributed by atoms with Crippen molar-refractivity contribution in [2.75, 3.05) is 0 Å². The molecular weight excluding hydrogens is 237 g/mol. The molecule has 2 nitrogen and oxygen atoms in total. The molecule has 2 N–H and O–H groups in total. The van der Waals surface area contributed by atoms with Gasteiger partial charge < -0.3 is 9.97 Å². The van der Waals surface area contributed by atoms with E-state index >= 15 is 0 Å². The zero-order valence-corrected chi connectivity index (χ0v) is 8.63. The van der Waals surface area contributed by atoms with E-state index in [1.54, 1.807) is 0 Å². The third kappa shape index (κ3) is 4.92. The van der Waals surface area contributed by atoms with Crippen LogP contribution in [0, 0.1) is 6.92 Å². The van der Waals surface area contributed by atoms with E-state index in [1.165, 1.54) is 5.69 Å². The molecule has 2 aromatic rings. The van der Waals surface area contributed by atoms with E-state index in [1.807, 2.05) is 49.8 Å². The number of aromatic nitrogens is 2. The molecule has 12 heavy (non-hydrogen) atoms. The Morgan fingerprint density at radius 3 is 1.83 bits per heavy atom. The van der Waals surface area contributed by atoms with Crippen LogP contribution in [0.5, 0.6) is 0 Å². The van der Waals surface area contributed by atoms with Crippen molar-refractivity contribution < 1.29 is 19.5 Å². The maximum atomic E-state index is 3.00. The quantitative estimate of drug-likeness (QED) is 0.672. The maximum absolute atomic E-state index is 3.00. The molecule has 0 atom stereocenters. The van der Waals surface area contributed by atoms with Crippen molar-refractivity contribution in [2.45, 2.75) is 6.92 Å². The molecule has 66 valence electrons. The third-order valence-electron chi connectivity index (χ3n) is 1.25. The van der Waals surface area contributed by atoms with Crippen molar-refractivity contribution in [1.82, 2.24) is 9.97 Å². The molecule has 0 radical (unpaired) electrons. The number of hydrogen-bond acceptors (Lipinski definition) is 0. The fourth-order valence-corrected chi connectivity index (χ4v) is 0.698. The second-order valence-electron chi connectivity index (χ2n) is 2.24. The van der Waals surface area contributed by atoms with Gasteiger partial charge in [-0.3, -0.25) is 0 Å². The summed E-state index contributed by atoms with van der Waals surface area (Å²) < 4.78 is 0. The van der Waals surface area contributed by atoms with Gasteiger partial charge in [-0.1, -0.05) is 0 Å². The van der Waals surface area contributed by atoms with Gasteiger partial charge in [0.1, 0.15) is 0 Å². The topological polar surface area (TPSA) is 31.6 Å². The van der Waals surface area contributed by atoms with Crippen LogP contribution in [0.4, 0.5) is 0 Å². The average molecular weight is 249 g/mol. The van der Waals surface area contributed by atoms with Crippen LogP contribution in [-0.2, 0) is 19.5 Å². The molecule has 0 fully saturated rings. The second kappa shape index (κ2) is 6.87. The third-order valence-corrected chi connectivity index (χ3v) is 1.25. The summed E-state index contributed by atoms with van der Waals surface area (Å²) >= 11 is 0. The number of nitrogens with one attached hydrogen (secondary N) is 2. The minimum atomic E-state index is 0. The SMILES string of the molecule is Cc1ccc[nH]1.[Ru].c1cc[nH]c1. The average Bonchev–Trinajstić information content (AvgIpc) is 2.57. The molecular formula is C9H12N2Ru. The van der Waals surface area contributed by atoms with Gasteiger partial charge in [0.05, 0.1) is 0 Å². The van der Waals surface area contributed by atoms with Gasteiger partial charge in [-0.05, 0) is 31.2 Å². The first-order chi connectivity index (χ1) is 5.39. The summed E-state index contributed by atoms with van der Waals surface area (Å²) in [6.45, 7) is 2.03. The van der Waals surface area contributed by atoms with E-state index in [-0.39, 0.29) is 19.5 Å². The van der Waals surface area contributed by atoms with Gasteiger partial charge in [-0.25, -0.2) is 0 Å². The summed E-state index contributed by atoms with van der Waals surface area (Å²) in [4.78, 5) is 5.86. The molecule has 2 rings (SSSR count). The summed E-state index contributed by atoms with van der Waals surface area (Å²) in [5, 5.41) is 0. The summed E-state index contributed by atoms with van der Waals surface area (Å²) in [6, 6.07) is 7.90. The first-order valence-electron chi connectivity index (χ1n) is 3.57. The maximum Gasteiger partial charge on any atom is 0.0115 e. The smallest absolute Gasteiger partial charge is 0.0115 e. The van der Waals surface area contributed by atoms with Gasteiger partial charge in [0.25, 0.3) is 0 Å². The fourth-order valence-electron chi connectivity index (χ4n) is 0.698. The fraction of sp³-hybridized carbons (Fsp3) is 0.111. The monoisotopic (exact) mass is 250 g/mol. The van der Waals surface area contributed by atoms with E-state index in [9.17, 15) is 0 Å². The van der Waals surface area contributed by atoms with Crippen LogP contribution in [0.1, 0.15) is 5.69 Å². The Morgan fingerprint density at radius 1 is 1.00 bits per heavy atom. The van der Waals surface area contributed by atoms with Gasteiger partial charge >= 0.3 is 0 Å². The number of rotatable bonds is 0. The van der Waals surface area contributed by atoms with Crippen LogP contribution < -0.4 is 0 Å². The van der Waals surface area contributed by atoms with Crippen molar-refractivity contribution in [1.29, 1.82) is 0 Å².